The third-order valence-electron chi connectivity index (χ3n) is 1.62. The Morgan fingerprint density at radius 2 is 2.06 bits per heavy atom. The Bertz CT molecular complexity index is 327. The molecule has 0 fully saturated rings. The molecule has 0 aliphatic heterocycles. The standard InChI is InChI=1S/C8H16N2O5S/c1-2-3-4-16(14,15)10-6-7(11)5-9-8(12)13/h2,7,9-11H,1,3-6H2,(H,12,13). The highest BCUT2D eigenvalue weighted by molar-refractivity contribution is 7.89. The molecule has 0 aliphatic rings. The zero-order chi connectivity index (χ0) is 12.6. The molecule has 1 amide bonds. The second-order valence-corrected chi connectivity index (χ2v) is 5.01. The second-order valence-electron chi connectivity index (χ2n) is 3.08. The van der Waals surface area contributed by atoms with E-state index in [0.717, 1.165) is 0 Å². The number of nitrogens with one attached hydrogen (secondary N) is 2. The first-order valence-electron chi connectivity index (χ1n) is 4.60. The predicted octanol–water partition coefficient (Wildman–Crippen LogP) is -0.890. The highest BCUT2D eigenvalue weighted by atomic mass is 32.2. The summed E-state index contributed by atoms with van der Waals surface area (Å²) in [5.41, 5.74) is 0. The fraction of sp³-hybridized carbons (Fsp3) is 0.625. The van der Waals surface area contributed by atoms with Crippen LogP contribution in [0, 0.1) is 0 Å². The number of sulfonamides is 1. The highest BCUT2D eigenvalue weighted by Gasteiger charge is 2.12. The third kappa shape index (κ3) is 8.21. The first kappa shape index (κ1) is 14.9. The van der Waals surface area contributed by atoms with Gasteiger partial charge in [0.25, 0.3) is 0 Å². The minimum Gasteiger partial charge on any atom is -0.465 e. The molecule has 0 bridgehead atoms. The van der Waals surface area contributed by atoms with Crippen LogP contribution >= 0.6 is 0 Å². The highest BCUT2D eigenvalue weighted by Crippen LogP contribution is 1.90. The molecule has 1 atom stereocenters. The van der Waals surface area contributed by atoms with Crippen molar-refractivity contribution in [1.82, 2.24) is 10.0 Å². The summed E-state index contributed by atoms with van der Waals surface area (Å²) in [6.45, 7) is 2.95. The fourth-order valence-electron chi connectivity index (χ4n) is 0.811. The molecule has 0 aromatic rings. The molecule has 0 aliphatic carbocycles. The van der Waals surface area contributed by atoms with E-state index in [4.69, 9.17) is 5.11 Å². The summed E-state index contributed by atoms with van der Waals surface area (Å²) in [7, 11) is -3.43. The van der Waals surface area contributed by atoms with Crippen molar-refractivity contribution in [1.29, 1.82) is 0 Å². The van der Waals surface area contributed by atoms with Crippen LogP contribution in [0.25, 0.3) is 0 Å². The van der Waals surface area contributed by atoms with Crippen LogP contribution in [0.2, 0.25) is 0 Å². The number of carboxylic acid groups (broad SMARTS) is 1. The smallest absolute Gasteiger partial charge is 0.404 e. The van der Waals surface area contributed by atoms with E-state index in [0.29, 0.717) is 6.42 Å². The Morgan fingerprint density at radius 1 is 1.44 bits per heavy atom. The number of carbonyl (C=O) groups is 1. The zero-order valence-electron chi connectivity index (χ0n) is 8.72. The van der Waals surface area contributed by atoms with Gasteiger partial charge in [-0.1, -0.05) is 6.08 Å². The number of rotatable bonds is 8. The molecule has 0 rings (SSSR count). The molecule has 0 radical (unpaired) electrons. The van der Waals surface area contributed by atoms with E-state index in [-0.39, 0.29) is 18.8 Å². The molecule has 4 N–H and O–H groups in total. The van der Waals surface area contributed by atoms with Crippen LogP contribution in [-0.2, 0) is 10.0 Å². The monoisotopic (exact) mass is 252 g/mol. The van der Waals surface area contributed by atoms with E-state index >= 15 is 0 Å². The van der Waals surface area contributed by atoms with Crippen molar-refractivity contribution in [2.24, 2.45) is 0 Å². The summed E-state index contributed by atoms with van der Waals surface area (Å²) in [5.74, 6) is -0.102. The van der Waals surface area contributed by atoms with Crippen LogP contribution in [0.4, 0.5) is 4.79 Å². The van der Waals surface area contributed by atoms with E-state index in [1.54, 1.807) is 0 Å². The SMILES string of the molecule is C=CCCS(=O)(=O)NCC(O)CNC(=O)O. The molecule has 0 aromatic heterocycles. The quantitative estimate of drug-likeness (QED) is 0.418. The summed E-state index contributed by atoms with van der Waals surface area (Å²) < 4.78 is 24.6. The zero-order valence-corrected chi connectivity index (χ0v) is 9.53. The maximum Gasteiger partial charge on any atom is 0.404 e. The van der Waals surface area contributed by atoms with Gasteiger partial charge in [-0.2, -0.15) is 0 Å². The van der Waals surface area contributed by atoms with E-state index < -0.39 is 22.2 Å². The van der Waals surface area contributed by atoms with Crippen molar-refractivity contribution in [2.75, 3.05) is 18.8 Å². The van der Waals surface area contributed by atoms with Gasteiger partial charge in [0.05, 0.1) is 11.9 Å². The first-order valence-corrected chi connectivity index (χ1v) is 6.25. The lowest BCUT2D eigenvalue weighted by Gasteiger charge is -2.11. The Morgan fingerprint density at radius 3 is 2.56 bits per heavy atom. The molecule has 1 unspecified atom stereocenters. The van der Waals surface area contributed by atoms with Gasteiger partial charge in [-0.15, -0.1) is 6.58 Å². The van der Waals surface area contributed by atoms with Gasteiger partial charge in [0.2, 0.25) is 10.0 Å². The maximum atomic E-state index is 11.2. The van der Waals surface area contributed by atoms with E-state index in [1.165, 1.54) is 6.08 Å². The number of aliphatic hydroxyl groups is 1. The van der Waals surface area contributed by atoms with Crippen molar-refractivity contribution >= 4 is 16.1 Å². The molecular weight excluding hydrogens is 236 g/mol. The topological polar surface area (TPSA) is 116 Å². The van der Waals surface area contributed by atoms with Gasteiger partial charge in [0.1, 0.15) is 0 Å². The minimum absolute atomic E-state index is 0.102. The third-order valence-corrected chi connectivity index (χ3v) is 3.00. The van der Waals surface area contributed by atoms with E-state index in [2.05, 4.69) is 11.3 Å². The lowest BCUT2D eigenvalue weighted by molar-refractivity contribution is 0.160. The van der Waals surface area contributed by atoms with Crippen molar-refractivity contribution in [2.45, 2.75) is 12.5 Å². The van der Waals surface area contributed by atoms with Crippen LogP contribution in [0.3, 0.4) is 0 Å². The molecule has 0 spiro atoms. The molecule has 16 heavy (non-hydrogen) atoms. The average molecular weight is 252 g/mol. The lowest BCUT2D eigenvalue weighted by Crippen LogP contribution is -2.40. The molecule has 0 heterocycles. The number of allylic oxidation sites excluding steroid dienone is 1. The van der Waals surface area contributed by atoms with E-state index in [1.807, 2.05) is 5.32 Å². The Hall–Kier alpha value is -1.12. The van der Waals surface area contributed by atoms with Crippen LogP contribution < -0.4 is 10.0 Å². The molecule has 94 valence electrons. The summed E-state index contributed by atoms with van der Waals surface area (Å²) in [4.78, 5) is 10.1. The largest absolute Gasteiger partial charge is 0.465 e. The van der Waals surface area contributed by atoms with Gasteiger partial charge in [0, 0.05) is 13.1 Å². The number of aliphatic hydroxyl groups excluding tert-OH is 1. The van der Waals surface area contributed by atoms with Gasteiger partial charge in [-0.25, -0.2) is 17.9 Å². The summed E-state index contributed by atoms with van der Waals surface area (Å²) in [5, 5.41) is 19.4. The number of hydrogen-bond acceptors (Lipinski definition) is 4. The van der Waals surface area contributed by atoms with Crippen molar-refractivity contribution in [3.8, 4) is 0 Å². The first-order chi connectivity index (χ1) is 7.37. The molecular formula is C8H16N2O5S. The normalized spacial score (nSPS) is 13.1. The van der Waals surface area contributed by atoms with Crippen LogP contribution in [0.15, 0.2) is 12.7 Å². The van der Waals surface area contributed by atoms with Crippen molar-refractivity contribution < 1.29 is 23.4 Å². The molecule has 0 saturated heterocycles. The Kier molecular flexibility index (Phi) is 6.70. The molecule has 7 nitrogen and oxygen atoms in total. The van der Waals surface area contributed by atoms with Crippen molar-refractivity contribution in [3.05, 3.63) is 12.7 Å². The maximum absolute atomic E-state index is 11.2. The molecule has 0 saturated carbocycles. The average Bonchev–Trinajstić information content (AvgIpc) is 2.21. The Balaban J connectivity index is 3.85. The number of amides is 1. The minimum atomic E-state index is -3.43. The fourth-order valence-corrected chi connectivity index (χ4v) is 1.88. The molecule has 0 aromatic carbocycles. The van der Waals surface area contributed by atoms with E-state index in [9.17, 15) is 18.3 Å². The Labute approximate surface area is 94.2 Å². The van der Waals surface area contributed by atoms with Gasteiger partial charge in [-0.3, -0.25) is 0 Å². The van der Waals surface area contributed by atoms with Crippen molar-refractivity contribution in [3.63, 3.8) is 0 Å². The number of hydrogen-bond donors (Lipinski definition) is 4. The van der Waals surface area contributed by atoms with Gasteiger partial charge >= 0.3 is 6.09 Å². The van der Waals surface area contributed by atoms with Crippen LogP contribution in [0.5, 0.6) is 0 Å². The predicted molar refractivity (Wildman–Crippen MR) is 58.6 cm³/mol. The summed E-state index contributed by atoms with van der Waals surface area (Å²) in [6, 6.07) is 0. The van der Waals surface area contributed by atoms with Crippen LogP contribution in [-0.4, -0.2) is 49.7 Å². The second kappa shape index (κ2) is 7.20. The summed E-state index contributed by atoms with van der Waals surface area (Å²) in [6.07, 6.45) is -0.566. The van der Waals surface area contributed by atoms with Gasteiger partial charge in [0.15, 0.2) is 0 Å². The summed E-state index contributed by atoms with van der Waals surface area (Å²) >= 11 is 0. The lowest BCUT2D eigenvalue weighted by atomic mass is 10.4. The van der Waals surface area contributed by atoms with Gasteiger partial charge < -0.3 is 15.5 Å². The molecule has 8 heteroatoms. The van der Waals surface area contributed by atoms with Gasteiger partial charge in [-0.05, 0) is 6.42 Å². The van der Waals surface area contributed by atoms with Crippen LogP contribution in [0.1, 0.15) is 6.42 Å².